The lowest BCUT2D eigenvalue weighted by atomic mass is 10.2. The Morgan fingerprint density at radius 3 is 2.73 bits per heavy atom. The third kappa shape index (κ3) is 3.51. The van der Waals surface area contributed by atoms with Crippen molar-refractivity contribution in [1.82, 2.24) is 19.8 Å². The van der Waals surface area contributed by atoms with E-state index in [2.05, 4.69) is 15.5 Å². The topological polar surface area (TPSA) is 114 Å². The second-order valence-electron chi connectivity index (χ2n) is 5.99. The lowest BCUT2D eigenvalue weighted by Gasteiger charge is -2.17. The molecule has 0 bridgehead atoms. The van der Waals surface area contributed by atoms with Gasteiger partial charge in [0.2, 0.25) is 22.7 Å². The van der Waals surface area contributed by atoms with E-state index in [4.69, 9.17) is 9.47 Å². The maximum absolute atomic E-state index is 12.6. The van der Waals surface area contributed by atoms with Gasteiger partial charge in [-0.15, -0.1) is 0 Å². The van der Waals surface area contributed by atoms with Crippen LogP contribution >= 0.6 is 0 Å². The van der Waals surface area contributed by atoms with Crippen molar-refractivity contribution < 1.29 is 22.7 Å². The van der Waals surface area contributed by atoms with E-state index in [1.54, 1.807) is 26.0 Å². The monoisotopic (exact) mass is 380 g/mol. The first-order chi connectivity index (χ1) is 12.3. The second-order valence-corrected chi connectivity index (χ2v) is 7.97. The van der Waals surface area contributed by atoms with Crippen LogP contribution in [0.4, 0.5) is 0 Å². The van der Waals surface area contributed by atoms with Crippen LogP contribution in [0.5, 0.6) is 11.5 Å². The van der Waals surface area contributed by atoms with E-state index in [0.29, 0.717) is 22.9 Å². The zero-order valence-electron chi connectivity index (χ0n) is 14.7. The molecule has 1 aromatic heterocycles. The molecule has 0 spiro atoms. The fourth-order valence-electron chi connectivity index (χ4n) is 2.67. The number of aromatic nitrogens is 2. The van der Waals surface area contributed by atoms with Gasteiger partial charge in [0, 0.05) is 13.6 Å². The molecule has 9 nitrogen and oxygen atoms in total. The zero-order chi connectivity index (χ0) is 18.9. The number of sulfonamides is 1. The number of rotatable bonds is 6. The van der Waals surface area contributed by atoms with E-state index in [1.807, 2.05) is 6.07 Å². The first-order valence-corrected chi connectivity index (χ1v) is 9.36. The number of ether oxygens (including phenoxy) is 2. The summed E-state index contributed by atoms with van der Waals surface area (Å²) in [6.07, 6.45) is 0. The highest BCUT2D eigenvalue weighted by molar-refractivity contribution is 7.89. The molecule has 0 fully saturated rings. The summed E-state index contributed by atoms with van der Waals surface area (Å²) in [6, 6.07) is 5.36. The summed E-state index contributed by atoms with van der Waals surface area (Å²) in [5.74, 6) is 0.881. The fourth-order valence-corrected chi connectivity index (χ4v) is 4.12. The Morgan fingerprint density at radius 2 is 2.04 bits per heavy atom. The van der Waals surface area contributed by atoms with Gasteiger partial charge in [-0.05, 0) is 31.5 Å². The molecular weight excluding hydrogens is 360 g/mol. The highest BCUT2D eigenvalue weighted by atomic mass is 32.2. The van der Waals surface area contributed by atoms with Crippen LogP contribution in [0.15, 0.2) is 23.1 Å². The molecule has 0 saturated heterocycles. The van der Waals surface area contributed by atoms with Crippen molar-refractivity contribution >= 4 is 15.9 Å². The third-order valence-corrected chi connectivity index (χ3v) is 6.09. The van der Waals surface area contributed by atoms with Crippen LogP contribution in [0.2, 0.25) is 0 Å². The maximum Gasteiger partial charge on any atom is 0.246 e. The van der Waals surface area contributed by atoms with Crippen LogP contribution in [-0.2, 0) is 21.4 Å². The number of H-pyrrole nitrogens is 1. The number of benzene rings is 1. The lowest BCUT2D eigenvalue weighted by molar-refractivity contribution is -0.121. The summed E-state index contributed by atoms with van der Waals surface area (Å²) in [6.45, 7) is 3.37. The number of nitrogens with zero attached hydrogens (tertiary/aromatic N) is 2. The smallest absolute Gasteiger partial charge is 0.246 e. The van der Waals surface area contributed by atoms with E-state index in [1.165, 1.54) is 7.05 Å². The molecule has 3 rings (SSSR count). The average molecular weight is 380 g/mol. The molecule has 0 atom stereocenters. The summed E-state index contributed by atoms with van der Waals surface area (Å²) in [5, 5.41) is 9.24. The van der Waals surface area contributed by atoms with E-state index < -0.39 is 15.9 Å². The van der Waals surface area contributed by atoms with Gasteiger partial charge in [-0.3, -0.25) is 9.89 Å². The molecule has 0 saturated carbocycles. The van der Waals surface area contributed by atoms with Crippen molar-refractivity contribution in [2.75, 3.05) is 20.4 Å². The van der Waals surface area contributed by atoms with Gasteiger partial charge in [0.25, 0.3) is 0 Å². The van der Waals surface area contributed by atoms with Gasteiger partial charge in [0.05, 0.1) is 17.9 Å². The number of hydrogen-bond donors (Lipinski definition) is 2. The molecule has 140 valence electrons. The lowest BCUT2D eigenvalue weighted by Crippen LogP contribution is -2.38. The molecule has 26 heavy (non-hydrogen) atoms. The predicted octanol–water partition coefficient (Wildman–Crippen LogP) is 0.692. The molecule has 2 aromatic rings. The first-order valence-electron chi connectivity index (χ1n) is 7.92. The number of likely N-dealkylation sites (N-methyl/N-ethyl adjacent to an activating group) is 1. The predicted molar refractivity (Wildman–Crippen MR) is 92.3 cm³/mol. The summed E-state index contributed by atoms with van der Waals surface area (Å²) in [7, 11) is -2.44. The molecule has 1 amide bonds. The highest BCUT2D eigenvalue weighted by Gasteiger charge is 2.28. The molecule has 0 unspecified atom stereocenters. The number of fused-ring (bicyclic) bond motifs is 1. The molecule has 2 N–H and O–H groups in total. The van der Waals surface area contributed by atoms with E-state index in [0.717, 1.165) is 9.87 Å². The normalized spacial score (nSPS) is 13.2. The maximum atomic E-state index is 12.6. The summed E-state index contributed by atoms with van der Waals surface area (Å²) >= 11 is 0. The molecule has 1 aliphatic rings. The summed E-state index contributed by atoms with van der Waals surface area (Å²) < 4.78 is 36.8. The number of aryl methyl sites for hydroxylation is 2. The largest absolute Gasteiger partial charge is 0.454 e. The Bertz CT molecular complexity index is 919. The number of carbonyl (C=O) groups excluding carboxylic acids is 1. The SMILES string of the molecule is Cc1n[nH]c(C)c1S(=O)(=O)N(C)CC(=O)NCc1ccc2c(c1)OCO2. The van der Waals surface area contributed by atoms with Crippen LogP contribution in [0, 0.1) is 13.8 Å². The van der Waals surface area contributed by atoms with Gasteiger partial charge in [0.15, 0.2) is 11.5 Å². The van der Waals surface area contributed by atoms with Crippen LogP contribution < -0.4 is 14.8 Å². The van der Waals surface area contributed by atoms with Crippen LogP contribution in [0.1, 0.15) is 17.0 Å². The molecule has 10 heteroatoms. The fraction of sp³-hybridized carbons (Fsp3) is 0.375. The van der Waals surface area contributed by atoms with Crippen molar-refractivity contribution in [3.05, 3.63) is 35.2 Å². The Hall–Kier alpha value is -2.59. The molecule has 0 radical (unpaired) electrons. The van der Waals surface area contributed by atoms with Gasteiger partial charge in [-0.25, -0.2) is 8.42 Å². The number of amides is 1. The summed E-state index contributed by atoms with van der Waals surface area (Å²) in [5.41, 5.74) is 1.64. The van der Waals surface area contributed by atoms with Crippen molar-refractivity contribution in [1.29, 1.82) is 0 Å². The molecule has 1 aromatic carbocycles. The standard InChI is InChI=1S/C16H20N4O5S/c1-10-16(11(2)19-18-10)26(22,23)20(3)8-15(21)17-7-12-4-5-13-14(6-12)25-9-24-13/h4-6H,7-9H2,1-3H3,(H,17,21)(H,18,19). The van der Waals surface area contributed by atoms with Gasteiger partial charge in [0.1, 0.15) is 4.90 Å². The zero-order valence-corrected chi connectivity index (χ0v) is 15.5. The highest BCUT2D eigenvalue weighted by Crippen LogP contribution is 2.32. The number of aromatic amines is 1. The number of hydrogen-bond acceptors (Lipinski definition) is 6. The Labute approximate surface area is 151 Å². The Kier molecular flexibility index (Phi) is 4.88. The number of nitrogens with one attached hydrogen (secondary N) is 2. The first kappa shape index (κ1) is 18.2. The third-order valence-electron chi connectivity index (χ3n) is 4.02. The van der Waals surface area contributed by atoms with Crippen molar-refractivity contribution in [2.24, 2.45) is 0 Å². The van der Waals surface area contributed by atoms with Crippen molar-refractivity contribution in [2.45, 2.75) is 25.3 Å². The number of carbonyl (C=O) groups is 1. The Morgan fingerprint density at radius 1 is 1.31 bits per heavy atom. The van der Waals surface area contributed by atoms with Gasteiger partial charge < -0.3 is 14.8 Å². The minimum atomic E-state index is -3.80. The minimum absolute atomic E-state index is 0.101. The summed E-state index contributed by atoms with van der Waals surface area (Å²) in [4.78, 5) is 12.3. The van der Waals surface area contributed by atoms with Crippen LogP contribution in [0.3, 0.4) is 0 Å². The van der Waals surface area contributed by atoms with Gasteiger partial charge >= 0.3 is 0 Å². The molecule has 2 heterocycles. The van der Waals surface area contributed by atoms with E-state index in [-0.39, 0.29) is 24.8 Å². The second kappa shape index (κ2) is 6.96. The van der Waals surface area contributed by atoms with Crippen LogP contribution in [-0.4, -0.2) is 49.2 Å². The van der Waals surface area contributed by atoms with Crippen LogP contribution in [0.25, 0.3) is 0 Å². The molecular formula is C16H20N4O5S. The van der Waals surface area contributed by atoms with Gasteiger partial charge in [-0.1, -0.05) is 6.07 Å². The van der Waals surface area contributed by atoms with Gasteiger partial charge in [-0.2, -0.15) is 9.40 Å². The minimum Gasteiger partial charge on any atom is -0.454 e. The van der Waals surface area contributed by atoms with Crippen molar-refractivity contribution in [3.63, 3.8) is 0 Å². The molecule has 1 aliphatic heterocycles. The van der Waals surface area contributed by atoms with Crippen molar-refractivity contribution in [3.8, 4) is 11.5 Å². The average Bonchev–Trinajstić information content (AvgIpc) is 3.18. The Balaban J connectivity index is 1.61. The quantitative estimate of drug-likeness (QED) is 0.762. The van der Waals surface area contributed by atoms with E-state index in [9.17, 15) is 13.2 Å². The van der Waals surface area contributed by atoms with E-state index >= 15 is 0 Å². The molecule has 0 aliphatic carbocycles.